The van der Waals surface area contributed by atoms with Crippen LogP contribution in [0.25, 0.3) is 0 Å². The van der Waals surface area contributed by atoms with Gasteiger partial charge >= 0.3 is 0 Å². The summed E-state index contributed by atoms with van der Waals surface area (Å²) in [5.41, 5.74) is 0.358. The number of nitro benzene ring substituents is 2. The molecule has 0 unspecified atom stereocenters. The fourth-order valence-electron chi connectivity index (χ4n) is 1.24. The molecule has 19 heavy (non-hydrogen) atoms. The number of alkyl halides is 1. The number of hydrogen-bond acceptors (Lipinski definition) is 5. The van der Waals surface area contributed by atoms with Crippen LogP contribution in [0.5, 0.6) is 0 Å². The van der Waals surface area contributed by atoms with Crippen LogP contribution in [-0.4, -0.2) is 15.7 Å². The zero-order valence-corrected chi connectivity index (χ0v) is 11.8. The average Bonchev–Trinajstić information content (AvgIpc) is 2.35. The van der Waals surface area contributed by atoms with Crippen molar-refractivity contribution < 1.29 is 9.85 Å². The van der Waals surface area contributed by atoms with Gasteiger partial charge in [-0.05, 0) is 19.9 Å². The number of halogens is 1. The van der Waals surface area contributed by atoms with E-state index in [4.69, 9.17) is 11.6 Å². The highest BCUT2D eigenvalue weighted by Gasteiger charge is 2.20. The van der Waals surface area contributed by atoms with Crippen LogP contribution in [0.15, 0.2) is 33.6 Å². The Bertz CT molecular complexity index is 556. The summed E-state index contributed by atoms with van der Waals surface area (Å²) in [6.07, 6.45) is 0. The highest BCUT2D eigenvalue weighted by Crippen LogP contribution is 2.37. The quantitative estimate of drug-likeness (QED) is 0.353. The highest BCUT2D eigenvalue weighted by atomic mass is 35.5. The Labute approximate surface area is 118 Å². The molecule has 0 aliphatic carbocycles. The highest BCUT2D eigenvalue weighted by molar-refractivity contribution is 8.03. The minimum Gasteiger partial charge on any atom is -0.258 e. The number of nitrogens with zero attached hydrogens (tertiary/aromatic N) is 2. The SMILES string of the molecule is CC(C)=C(CCl)Sc1ccc([N+](=O)[O-])cc1[N+](=O)[O-]. The third-order valence-corrected chi connectivity index (χ3v) is 4.05. The summed E-state index contributed by atoms with van der Waals surface area (Å²) in [6.45, 7) is 3.70. The van der Waals surface area contributed by atoms with Crippen molar-refractivity contribution >= 4 is 34.7 Å². The van der Waals surface area contributed by atoms with Crippen molar-refractivity contribution in [2.24, 2.45) is 0 Å². The molecule has 1 aromatic carbocycles. The fourth-order valence-corrected chi connectivity index (χ4v) is 2.57. The molecule has 0 amide bonds. The van der Waals surface area contributed by atoms with Crippen molar-refractivity contribution in [2.75, 3.05) is 5.88 Å². The Hall–Kier alpha value is -1.60. The lowest BCUT2D eigenvalue weighted by atomic mass is 10.3. The van der Waals surface area contributed by atoms with Crippen LogP contribution in [0.4, 0.5) is 11.4 Å². The van der Waals surface area contributed by atoms with E-state index in [1.165, 1.54) is 12.1 Å². The Morgan fingerprint density at radius 3 is 2.32 bits per heavy atom. The predicted molar refractivity (Wildman–Crippen MR) is 74.7 cm³/mol. The third-order valence-electron chi connectivity index (χ3n) is 2.26. The van der Waals surface area contributed by atoms with E-state index in [-0.39, 0.29) is 17.3 Å². The van der Waals surface area contributed by atoms with Gasteiger partial charge in [-0.15, -0.1) is 11.6 Å². The Morgan fingerprint density at radius 2 is 1.89 bits per heavy atom. The van der Waals surface area contributed by atoms with Gasteiger partial charge in [0.05, 0.1) is 26.7 Å². The molecule has 0 N–H and O–H groups in total. The topological polar surface area (TPSA) is 86.3 Å². The van der Waals surface area contributed by atoms with Crippen molar-refractivity contribution in [2.45, 2.75) is 18.7 Å². The first-order valence-corrected chi connectivity index (χ1v) is 6.55. The molecule has 0 fully saturated rings. The number of hydrogen-bond donors (Lipinski definition) is 0. The molecule has 102 valence electrons. The zero-order chi connectivity index (χ0) is 14.6. The molecule has 8 heteroatoms. The van der Waals surface area contributed by atoms with Gasteiger partial charge in [0.2, 0.25) is 0 Å². The first-order valence-electron chi connectivity index (χ1n) is 5.19. The molecule has 0 bridgehead atoms. The number of thioether (sulfide) groups is 1. The Morgan fingerprint density at radius 1 is 1.26 bits per heavy atom. The Balaban J connectivity index is 3.25. The maximum atomic E-state index is 11.0. The van der Waals surface area contributed by atoms with Crippen molar-refractivity contribution in [1.29, 1.82) is 0 Å². The van der Waals surface area contributed by atoms with E-state index in [1.807, 2.05) is 13.8 Å². The van der Waals surface area contributed by atoms with Gasteiger partial charge < -0.3 is 0 Å². The number of non-ortho nitro benzene ring substituents is 1. The molecule has 0 aliphatic heterocycles. The molecular weight excluding hydrogens is 292 g/mol. The van der Waals surface area contributed by atoms with Gasteiger partial charge in [-0.1, -0.05) is 17.3 Å². The molecule has 0 saturated carbocycles. The van der Waals surface area contributed by atoms with Gasteiger partial charge in [-0.25, -0.2) is 0 Å². The number of allylic oxidation sites excluding steroid dienone is 2. The molecule has 1 rings (SSSR count). The van der Waals surface area contributed by atoms with Crippen LogP contribution in [0.2, 0.25) is 0 Å². The van der Waals surface area contributed by atoms with Gasteiger partial charge in [0, 0.05) is 11.0 Å². The van der Waals surface area contributed by atoms with E-state index in [0.29, 0.717) is 4.90 Å². The minimum atomic E-state index is -0.662. The largest absolute Gasteiger partial charge is 0.290 e. The lowest BCUT2D eigenvalue weighted by Crippen LogP contribution is -1.95. The fraction of sp³-hybridized carbons (Fsp3) is 0.273. The average molecular weight is 303 g/mol. The molecule has 1 aromatic rings. The van der Waals surface area contributed by atoms with Crippen LogP contribution in [0, 0.1) is 20.2 Å². The molecule has 0 atom stereocenters. The molecule has 0 spiro atoms. The van der Waals surface area contributed by atoms with Crippen LogP contribution >= 0.6 is 23.4 Å². The van der Waals surface area contributed by atoms with E-state index in [2.05, 4.69) is 0 Å². The van der Waals surface area contributed by atoms with Crippen LogP contribution in [-0.2, 0) is 0 Å². The first kappa shape index (κ1) is 15.5. The summed E-state index contributed by atoms with van der Waals surface area (Å²) in [7, 11) is 0. The molecule has 0 heterocycles. The maximum Gasteiger partial charge on any atom is 0.290 e. The van der Waals surface area contributed by atoms with Gasteiger partial charge in [-0.2, -0.15) is 0 Å². The second-order valence-corrected chi connectivity index (χ2v) is 5.23. The minimum absolute atomic E-state index is 0.237. The van der Waals surface area contributed by atoms with Crippen LogP contribution < -0.4 is 0 Å². The summed E-state index contributed by atoms with van der Waals surface area (Å²) < 4.78 is 0. The van der Waals surface area contributed by atoms with Crippen LogP contribution in [0.3, 0.4) is 0 Å². The predicted octanol–water partition coefficient (Wildman–Crippen LogP) is 4.13. The van der Waals surface area contributed by atoms with E-state index >= 15 is 0 Å². The van der Waals surface area contributed by atoms with Crippen LogP contribution in [0.1, 0.15) is 13.8 Å². The Kier molecular flexibility index (Phi) is 5.31. The number of nitro groups is 2. The standard InChI is InChI=1S/C11H11ClN2O4S/c1-7(2)11(6-12)19-10-4-3-8(13(15)16)5-9(10)14(17)18/h3-5H,6H2,1-2H3. The molecular formula is C11H11ClN2O4S. The van der Waals surface area contributed by atoms with Crippen molar-refractivity contribution in [3.8, 4) is 0 Å². The van der Waals surface area contributed by atoms with Crippen molar-refractivity contribution in [3.05, 3.63) is 48.9 Å². The van der Waals surface area contributed by atoms with Gasteiger partial charge in [-0.3, -0.25) is 20.2 Å². The summed E-state index contributed by atoms with van der Waals surface area (Å²) >= 11 is 6.92. The van der Waals surface area contributed by atoms with E-state index in [0.717, 1.165) is 28.3 Å². The van der Waals surface area contributed by atoms with E-state index in [1.54, 1.807) is 0 Å². The normalized spacial score (nSPS) is 10.1. The van der Waals surface area contributed by atoms with Crippen molar-refractivity contribution in [1.82, 2.24) is 0 Å². The number of benzene rings is 1. The zero-order valence-electron chi connectivity index (χ0n) is 10.3. The monoisotopic (exact) mass is 302 g/mol. The number of rotatable bonds is 5. The molecule has 0 radical (unpaired) electrons. The van der Waals surface area contributed by atoms with Gasteiger partial charge in [0.15, 0.2) is 0 Å². The molecule has 0 saturated heterocycles. The summed E-state index contributed by atoms with van der Waals surface area (Å²) in [5.74, 6) is 0.237. The molecule has 6 nitrogen and oxygen atoms in total. The third kappa shape index (κ3) is 3.93. The molecule has 0 aliphatic rings. The molecule has 0 aromatic heterocycles. The summed E-state index contributed by atoms with van der Waals surface area (Å²) in [6, 6.07) is 3.57. The van der Waals surface area contributed by atoms with Crippen molar-refractivity contribution in [3.63, 3.8) is 0 Å². The summed E-state index contributed by atoms with van der Waals surface area (Å²) in [5, 5.41) is 21.6. The smallest absolute Gasteiger partial charge is 0.258 e. The lowest BCUT2D eigenvalue weighted by molar-refractivity contribution is -0.396. The summed E-state index contributed by atoms with van der Waals surface area (Å²) in [4.78, 5) is 21.4. The van der Waals surface area contributed by atoms with Gasteiger partial charge in [0.1, 0.15) is 0 Å². The van der Waals surface area contributed by atoms with E-state index < -0.39 is 9.85 Å². The first-order chi connectivity index (χ1) is 8.86. The second kappa shape index (κ2) is 6.53. The van der Waals surface area contributed by atoms with E-state index in [9.17, 15) is 20.2 Å². The maximum absolute atomic E-state index is 11.0. The lowest BCUT2D eigenvalue weighted by Gasteiger charge is -2.06. The second-order valence-electron chi connectivity index (χ2n) is 3.83. The van der Waals surface area contributed by atoms with Gasteiger partial charge in [0.25, 0.3) is 11.4 Å².